The van der Waals surface area contributed by atoms with Gasteiger partial charge in [0.25, 0.3) is 10.0 Å². The lowest BCUT2D eigenvalue weighted by molar-refractivity contribution is 0.373. The molecule has 0 saturated carbocycles. The molecule has 2 aromatic carbocycles. The minimum absolute atomic E-state index is 0.00566. The second-order valence-electron chi connectivity index (χ2n) is 6.42. The highest BCUT2D eigenvalue weighted by Crippen LogP contribution is 2.26. The van der Waals surface area contributed by atoms with Crippen LogP contribution in [0.15, 0.2) is 52.5 Å². The van der Waals surface area contributed by atoms with Gasteiger partial charge in [-0.1, -0.05) is 26.0 Å². The lowest BCUT2D eigenvalue weighted by atomic mass is 10.0. The quantitative estimate of drug-likeness (QED) is 0.573. The summed E-state index contributed by atoms with van der Waals surface area (Å²) in [5.41, 5.74) is 2.17. The van der Waals surface area contributed by atoms with E-state index in [1.165, 1.54) is 13.2 Å². The number of nitrogens with one attached hydrogen (secondary N) is 1. The van der Waals surface area contributed by atoms with Crippen LogP contribution in [-0.2, 0) is 16.4 Å². The Morgan fingerprint density at radius 1 is 1.19 bits per heavy atom. The van der Waals surface area contributed by atoms with Crippen LogP contribution in [0.25, 0.3) is 0 Å². The van der Waals surface area contributed by atoms with E-state index in [4.69, 9.17) is 4.74 Å². The van der Waals surface area contributed by atoms with E-state index in [1.807, 2.05) is 12.1 Å². The molecule has 0 heterocycles. The van der Waals surface area contributed by atoms with Crippen molar-refractivity contribution in [1.29, 1.82) is 0 Å². The average Bonchev–Trinajstić information content (AvgIpc) is 2.60. The first-order valence-corrected chi connectivity index (χ1v) is 9.73. The van der Waals surface area contributed by atoms with Crippen molar-refractivity contribution in [2.24, 2.45) is 11.0 Å². The molecule has 0 unspecified atom stereocenters. The molecule has 0 aliphatic heterocycles. The summed E-state index contributed by atoms with van der Waals surface area (Å²) >= 11 is 0. The van der Waals surface area contributed by atoms with Crippen molar-refractivity contribution in [2.45, 2.75) is 32.1 Å². The first-order chi connectivity index (χ1) is 12.2. The number of methoxy groups -OCH3 is 1. The molecule has 140 valence electrons. The Labute approximate surface area is 154 Å². The van der Waals surface area contributed by atoms with Crippen LogP contribution in [0.1, 0.15) is 31.9 Å². The van der Waals surface area contributed by atoms with Crippen LogP contribution in [0.5, 0.6) is 11.5 Å². The van der Waals surface area contributed by atoms with Gasteiger partial charge in [-0.3, -0.25) is 0 Å². The van der Waals surface area contributed by atoms with E-state index >= 15 is 0 Å². The van der Waals surface area contributed by atoms with E-state index in [-0.39, 0.29) is 10.6 Å². The number of benzene rings is 2. The Kier molecular flexibility index (Phi) is 6.26. The summed E-state index contributed by atoms with van der Waals surface area (Å²) < 4.78 is 29.8. The van der Waals surface area contributed by atoms with E-state index in [9.17, 15) is 13.5 Å². The van der Waals surface area contributed by atoms with Gasteiger partial charge in [-0.25, -0.2) is 0 Å². The largest absolute Gasteiger partial charge is 0.504 e. The Morgan fingerprint density at radius 2 is 1.85 bits per heavy atom. The SMILES string of the molecule is COc1cc(/C(C)=N/NS(=O)(=O)c2ccc(CC(C)C)cc2)ccc1O. The Balaban J connectivity index is 2.17. The molecule has 2 aromatic rings. The Morgan fingerprint density at radius 3 is 2.42 bits per heavy atom. The number of phenolic OH excluding ortho intramolecular Hbond substituents is 1. The van der Waals surface area contributed by atoms with Crippen LogP contribution >= 0.6 is 0 Å². The zero-order valence-corrected chi connectivity index (χ0v) is 16.2. The summed E-state index contributed by atoms with van der Waals surface area (Å²) in [5, 5.41) is 13.6. The minimum Gasteiger partial charge on any atom is -0.504 e. The third-order valence-electron chi connectivity index (χ3n) is 3.81. The summed E-state index contributed by atoms with van der Waals surface area (Å²) in [6.07, 6.45) is 0.897. The van der Waals surface area contributed by atoms with Crippen LogP contribution in [0.4, 0.5) is 0 Å². The van der Waals surface area contributed by atoms with E-state index in [1.54, 1.807) is 31.2 Å². The van der Waals surface area contributed by atoms with Gasteiger partial charge in [0.2, 0.25) is 0 Å². The fourth-order valence-electron chi connectivity index (χ4n) is 2.42. The van der Waals surface area contributed by atoms with E-state index in [2.05, 4.69) is 23.8 Å². The van der Waals surface area contributed by atoms with Gasteiger partial charge in [0.05, 0.1) is 17.7 Å². The van der Waals surface area contributed by atoms with Crippen LogP contribution in [-0.4, -0.2) is 26.3 Å². The third-order valence-corrected chi connectivity index (χ3v) is 5.03. The summed E-state index contributed by atoms with van der Waals surface area (Å²) in [5.74, 6) is 0.803. The van der Waals surface area contributed by atoms with Gasteiger partial charge in [-0.2, -0.15) is 18.4 Å². The number of ether oxygens (including phenoxy) is 1. The minimum atomic E-state index is -3.75. The van der Waals surface area contributed by atoms with Gasteiger partial charge < -0.3 is 9.84 Å². The first kappa shape index (κ1) is 19.8. The predicted molar refractivity (Wildman–Crippen MR) is 102 cm³/mol. The number of phenols is 1. The van der Waals surface area contributed by atoms with Gasteiger partial charge in [0, 0.05) is 5.56 Å². The van der Waals surface area contributed by atoms with Crippen molar-refractivity contribution in [3.63, 3.8) is 0 Å². The highest BCUT2D eigenvalue weighted by Gasteiger charge is 2.13. The van der Waals surface area contributed by atoms with Crippen LogP contribution in [0.2, 0.25) is 0 Å². The number of hydrogen-bond donors (Lipinski definition) is 2. The molecule has 0 atom stereocenters. The van der Waals surface area contributed by atoms with Crippen molar-refractivity contribution in [1.82, 2.24) is 4.83 Å². The molecular weight excluding hydrogens is 352 g/mol. The molecule has 26 heavy (non-hydrogen) atoms. The zero-order valence-electron chi connectivity index (χ0n) is 15.4. The average molecular weight is 376 g/mol. The molecule has 0 aromatic heterocycles. The topological polar surface area (TPSA) is 88.0 Å². The molecule has 0 amide bonds. The molecular formula is C19H24N2O4S. The lowest BCUT2D eigenvalue weighted by Gasteiger charge is -2.09. The molecule has 2 rings (SSSR count). The number of aromatic hydroxyl groups is 1. The summed E-state index contributed by atoms with van der Waals surface area (Å²) in [6, 6.07) is 11.5. The van der Waals surface area contributed by atoms with Gasteiger partial charge in [0.1, 0.15) is 0 Å². The van der Waals surface area contributed by atoms with Crippen molar-refractivity contribution < 1.29 is 18.3 Å². The second kappa shape index (κ2) is 8.23. The molecule has 0 spiro atoms. The monoisotopic (exact) mass is 376 g/mol. The molecule has 7 heteroatoms. The number of nitrogens with zero attached hydrogens (tertiary/aromatic N) is 1. The maximum absolute atomic E-state index is 12.4. The second-order valence-corrected chi connectivity index (χ2v) is 8.08. The number of rotatable bonds is 7. The molecule has 0 bridgehead atoms. The van der Waals surface area contributed by atoms with Crippen molar-refractivity contribution in [2.75, 3.05) is 7.11 Å². The highest BCUT2D eigenvalue weighted by molar-refractivity contribution is 7.89. The maximum Gasteiger partial charge on any atom is 0.276 e. The Hall–Kier alpha value is -2.54. The highest BCUT2D eigenvalue weighted by atomic mass is 32.2. The van der Waals surface area contributed by atoms with E-state index in [0.29, 0.717) is 22.9 Å². The molecule has 6 nitrogen and oxygen atoms in total. The molecule has 0 aliphatic carbocycles. The molecule has 0 aliphatic rings. The maximum atomic E-state index is 12.4. The zero-order chi connectivity index (χ0) is 19.3. The normalized spacial score (nSPS) is 12.3. The summed E-state index contributed by atoms with van der Waals surface area (Å²) in [7, 11) is -2.31. The van der Waals surface area contributed by atoms with Crippen LogP contribution < -0.4 is 9.57 Å². The van der Waals surface area contributed by atoms with Crippen LogP contribution in [0.3, 0.4) is 0 Å². The van der Waals surface area contributed by atoms with E-state index in [0.717, 1.165) is 12.0 Å². The summed E-state index contributed by atoms with van der Waals surface area (Å²) in [6.45, 7) is 5.89. The number of hydrogen-bond acceptors (Lipinski definition) is 5. The third kappa shape index (κ3) is 4.98. The fourth-order valence-corrected chi connectivity index (χ4v) is 3.28. The van der Waals surface area contributed by atoms with Crippen molar-refractivity contribution >= 4 is 15.7 Å². The fraction of sp³-hybridized carbons (Fsp3) is 0.316. The van der Waals surface area contributed by atoms with Gasteiger partial charge in [-0.15, -0.1) is 0 Å². The van der Waals surface area contributed by atoms with Gasteiger partial charge in [0.15, 0.2) is 11.5 Å². The standard InChI is InChI=1S/C19H24N2O4S/c1-13(2)11-15-5-8-17(9-6-15)26(23,24)21-20-14(3)16-7-10-18(22)19(12-16)25-4/h5-10,12-13,21-22H,11H2,1-4H3/b20-14+. The number of sulfonamides is 1. The van der Waals surface area contributed by atoms with Crippen molar-refractivity contribution in [3.8, 4) is 11.5 Å². The smallest absolute Gasteiger partial charge is 0.276 e. The van der Waals surface area contributed by atoms with Crippen LogP contribution in [0, 0.1) is 5.92 Å². The molecule has 2 N–H and O–H groups in total. The van der Waals surface area contributed by atoms with E-state index < -0.39 is 10.0 Å². The van der Waals surface area contributed by atoms with Gasteiger partial charge in [-0.05, 0) is 55.2 Å². The number of hydrazone groups is 1. The van der Waals surface area contributed by atoms with Crippen molar-refractivity contribution in [3.05, 3.63) is 53.6 Å². The predicted octanol–water partition coefficient (Wildman–Crippen LogP) is 3.30. The Bertz CT molecular complexity index is 888. The molecule has 0 radical (unpaired) electrons. The van der Waals surface area contributed by atoms with Gasteiger partial charge >= 0.3 is 0 Å². The lowest BCUT2D eigenvalue weighted by Crippen LogP contribution is -2.20. The summed E-state index contributed by atoms with van der Waals surface area (Å²) in [4.78, 5) is 2.40. The first-order valence-electron chi connectivity index (χ1n) is 8.25. The molecule has 0 saturated heterocycles. The molecule has 0 fully saturated rings.